The molecule has 0 amide bonds. The lowest BCUT2D eigenvalue weighted by Crippen LogP contribution is -1.90. The zero-order valence-corrected chi connectivity index (χ0v) is 8.45. The Morgan fingerprint density at radius 2 is 2.08 bits per heavy atom. The predicted molar refractivity (Wildman–Crippen MR) is 57.0 cm³/mol. The van der Waals surface area contributed by atoms with Gasteiger partial charge in [0.05, 0.1) is 0 Å². The molecule has 0 aromatic heterocycles. The van der Waals surface area contributed by atoms with Crippen LogP contribution in [0.4, 0.5) is 5.69 Å². The van der Waals surface area contributed by atoms with E-state index in [1.807, 2.05) is 18.8 Å². The Morgan fingerprint density at radius 1 is 1.33 bits per heavy atom. The molecule has 0 heterocycles. The molecular weight excluding hydrogens is 166 g/mol. The van der Waals surface area contributed by atoms with Gasteiger partial charge in [-0.25, -0.2) is 0 Å². The van der Waals surface area contributed by atoms with E-state index in [4.69, 9.17) is 0 Å². The summed E-state index contributed by atoms with van der Waals surface area (Å²) in [6.45, 7) is 2.20. The second-order valence-electron chi connectivity index (χ2n) is 2.59. The Morgan fingerprint density at radius 3 is 2.75 bits per heavy atom. The summed E-state index contributed by atoms with van der Waals surface area (Å²) in [7, 11) is 1.96. The van der Waals surface area contributed by atoms with E-state index in [9.17, 15) is 0 Å². The molecule has 0 spiro atoms. The standard InChI is InChI=1S/C10H15NS/c1-3-8-12-10-7-5-4-6-9(10)11-2/h4-7,11H,3,8H2,1-2H3. The van der Waals surface area contributed by atoms with Crippen LogP contribution >= 0.6 is 11.8 Å². The first-order valence-corrected chi connectivity index (χ1v) is 5.26. The highest BCUT2D eigenvalue weighted by atomic mass is 32.2. The number of hydrogen-bond donors (Lipinski definition) is 1. The average Bonchev–Trinajstić information content (AvgIpc) is 2.15. The summed E-state index contributed by atoms with van der Waals surface area (Å²) in [5, 5.41) is 3.18. The molecule has 0 aliphatic rings. The molecule has 1 aromatic carbocycles. The molecule has 66 valence electrons. The van der Waals surface area contributed by atoms with Gasteiger partial charge in [0.15, 0.2) is 0 Å². The first kappa shape index (κ1) is 9.46. The fourth-order valence-electron chi connectivity index (χ4n) is 1.01. The molecule has 0 radical (unpaired) electrons. The van der Waals surface area contributed by atoms with E-state index in [1.165, 1.54) is 22.8 Å². The minimum Gasteiger partial charge on any atom is -0.387 e. The minimum atomic E-state index is 1.19. The molecule has 1 rings (SSSR count). The molecule has 0 atom stereocenters. The number of thioether (sulfide) groups is 1. The Bertz CT molecular complexity index is 235. The van der Waals surface area contributed by atoms with Crippen LogP contribution in [0.3, 0.4) is 0 Å². The Labute approximate surface area is 78.6 Å². The van der Waals surface area contributed by atoms with Gasteiger partial charge in [-0.05, 0) is 24.3 Å². The summed E-state index contributed by atoms with van der Waals surface area (Å²) in [5.74, 6) is 1.19. The summed E-state index contributed by atoms with van der Waals surface area (Å²) in [4.78, 5) is 1.35. The van der Waals surface area contributed by atoms with Gasteiger partial charge in [-0.15, -0.1) is 11.8 Å². The van der Waals surface area contributed by atoms with Gasteiger partial charge in [-0.1, -0.05) is 19.1 Å². The van der Waals surface area contributed by atoms with Gasteiger partial charge < -0.3 is 5.32 Å². The Hall–Kier alpha value is -0.630. The van der Waals surface area contributed by atoms with Crippen molar-refractivity contribution >= 4 is 17.4 Å². The molecule has 2 heteroatoms. The van der Waals surface area contributed by atoms with Gasteiger partial charge in [-0.2, -0.15) is 0 Å². The van der Waals surface area contributed by atoms with E-state index in [0.717, 1.165) is 0 Å². The van der Waals surface area contributed by atoms with Crippen molar-refractivity contribution in [2.75, 3.05) is 18.1 Å². The third-order valence-electron chi connectivity index (χ3n) is 1.62. The van der Waals surface area contributed by atoms with Crippen LogP contribution in [0.25, 0.3) is 0 Å². The first-order chi connectivity index (χ1) is 5.88. The van der Waals surface area contributed by atoms with E-state index in [1.54, 1.807) is 0 Å². The van der Waals surface area contributed by atoms with E-state index >= 15 is 0 Å². The SMILES string of the molecule is CCCSc1ccccc1NC. The van der Waals surface area contributed by atoms with E-state index in [2.05, 4.69) is 36.5 Å². The molecule has 0 bridgehead atoms. The maximum atomic E-state index is 3.18. The Kier molecular flexibility index (Phi) is 4.01. The third kappa shape index (κ3) is 2.45. The van der Waals surface area contributed by atoms with Crippen molar-refractivity contribution in [3.63, 3.8) is 0 Å². The van der Waals surface area contributed by atoms with Gasteiger partial charge in [-0.3, -0.25) is 0 Å². The van der Waals surface area contributed by atoms with Crippen LogP contribution in [-0.4, -0.2) is 12.8 Å². The van der Waals surface area contributed by atoms with Crippen LogP contribution in [0.15, 0.2) is 29.2 Å². The summed E-state index contributed by atoms with van der Waals surface area (Å²) < 4.78 is 0. The molecule has 0 aliphatic heterocycles. The molecular formula is C10H15NS. The van der Waals surface area contributed by atoms with E-state index in [-0.39, 0.29) is 0 Å². The molecule has 0 unspecified atom stereocenters. The van der Waals surface area contributed by atoms with Crippen LogP contribution < -0.4 is 5.32 Å². The highest BCUT2D eigenvalue weighted by Gasteiger charge is 1.97. The second-order valence-corrected chi connectivity index (χ2v) is 3.73. The molecule has 0 aliphatic carbocycles. The summed E-state index contributed by atoms with van der Waals surface area (Å²) in [5.41, 5.74) is 1.23. The summed E-state index contributed by atoms with van der Waals surface area (Å²) >= 11 is 1.91. The zero-order valence-electron chi connectivity index (χ0n) is 7.63. The lowest BCUT2D eigenvalue weighted by atomic mass is 10.3. The van der Waals surface area contributed by atoms with Crippen molar-refractivity contribution in [3.05, 3.63) is 24.3 Å². The molecule has 0 fully saturated rings. The second kappa shape index (κ2) is 5.09. The van der Waals surface area contributed by atoms with Crippen LogP contribution in [0.1, 0.15) is 13.3 Å². The molecule has 0 saturated carbocycles. The largest absolute Gasteiger partial charge is 0.387 e. The van der Waals surface area contributed by atoms with Gasteiger partial charge >= 0.3 is 0 Å². The maximum Gasteiger partial charge on any atom is 0.0475 e. The van der Waals surface area contributed by atoms with Gasteiger partial charge in [0.25, 0.3) is 0 Å². The number of para-hydroxylation sites is 1. The van der Waals surface area contributed by atoms with Gasteiger partial charge in [0.1, 0.15) is 0 Å². The molecule has 12 heavy (non-hydrogen) atoms. The summed E-state index contributed by atoms with van der Waals surface area (Å²) in [6.07, 6.45) is 1.22. The smallest absolute Gasteiger partial charge is 0.0475 e. The van der Waals surface area contributed by atoms with Crippen LogP contribution in [-0.2, 0) is 0 Å². The van der Waals surface area contributed by atoms with Crippen LogP contribution in [0.5, 0.6) is 0 Å². The lowest BCUT2D eigenvalue weighted by Gasteiger charge is -2.06. The van der Waals surface area contributed by atoms with Gasteiger partial charge in [0, 0.05) is 17.6 Å². The fourth-order valence-corrected chi connectivity index (χ4v) is 1.94. The topological polar surface area (TPSA) is 12.0 Å². The minimum absolute atomic E-state index is 1.19. The normalized spacial score (nSPS) is 9.83. The van der Waals surface area contributed by atoms with E-state index < -0.39 is 0 Å². The number of benzene rings is 1. The van der Waals surface area contributed by atoms with E-state index in [0.29, 0.717) is 0 Å². The molecule has 1 N–H and O–H groups in total. The number of anilines is 1. The highest BCUT2D eigenvalue weighted by Crippen LogP contribution is 2.26. The average molecular weight is 181 g/mol. The molecule has 1 aromatic rings. The molecule has 1 nitrogen and oxygen atoms in total. The first-order valence-electron chi connectivity index (χ1n) is 4.28. The summed E-state index contributed by atoms with van der Waals surface area (Å²) in [6, 6.07) is 8.41. The third-order valence-corrected chi connectivity index (χ3v) is 2.90. The Balaban J connectivity index is 2.68. The monoisotopic (exact) mass is 181 g/mol. The number of hydrogen-bond acceptors (Lipinski definition) is 2. The number of nitrogens with one attached hydrogen (secondary N) is 1. The maximum absolute atomic E-state index is 3.18. The fraction of sp³-hybridized carbons (Fsp3) is 0.400. The highest BCUT2D eigenvalue weighted by molar-refractivity contribution is 7.99. The van der Waals surface area contributed by atoms with Gasteiger partial charge in [0.2, 0.25) is 0 Å². The van der Waals surface area contributed by atoms with Crippen molar-refractivity contribution in [3.8, 4) is 0 Å². The van der Waals surface area contributed by atoms with Crippen molar-refractivity contribution in [1.29, 1.82) is 0 Å². The molecule has 0 saturated heterocycles. The quantitative estimate of drug-likeness (QED) is 0.716. The number of rotatable bonds is 4. The zero-order chi connectivity index (χ0) is 8.81. The van der Waals surface area contributed by atoms with Crippen molar-refractivity contribution < 1.29 is 0 Å². The predicted octanol–water partition coefficient (Wildman–Crippen LogP) is 3.23. The van der Waals surface area contributed by atoms with Crippen LogP contribution in [0.2, 0.25) is 0 Å². The van der Waals surface area contributed by atoms with Crippen LogP contribution in [0, 0.1) is 0 Å². The van der Waals surface area contributed by atoms with Crippen molar-refractivity contribution in [2.45, 2.75) is 18.2 Å². The van der Waals surface area contributed by atoms with Crippen molar-refractivity contribution in [2.24, 2.45) is 0 Å². The lowest BCUT2D eigenvalue weighted by molar-refractivity contribution is 1.10. The van der Waals surface area contributed by atoms with Crippen molar-refractivity contribution in [1.82, 2.24) is 0 Å².